The van der Waals surface area contributed by atoms with Crippen molar-refractivity contribution >= 4 is 38.8 Å². The summed E-state index contributed by atoms with van der Waals surface area (Å²) in [4.78, 5) is 0.418. The summed E-state index contributed by atoms with van der Waals surface area (Å²) >= 11 is 8.47. The smallest absolute Gasteiger partial charge is 0.104 e. The van der Waals surface area contributed by atoms with Gasteiger partial charge in [-0.3, -0.25) is 0 Å². The summed E-state index contributed by atoms with van der Waals surface area (Å²) in [7, 11) is 0. The van der Waals surface area contributed by atoms with Crippen molar-refractivity contribution in [3.05, 3.63) is 28.2 Å². The van der Waals surface area contributed by atoms with Gasteiger partial charge in [-0.1, -0.05) is 12.2 Å². The van der Waals surface area contributed by atoms with Crippen LogP contribution in [0.25, 0.3) is 0 Å². The van der Waals surface area contributed by atoms with E-state index in [2.05, 4.69) is 21.2 Å². The molecular weight excluding hydrogens is 312 g/mol. The Kier molecular flexibility index (Phi) is 4.97. The normalized spacial score (nSPS) is 18.8. The van der Waals surface area contributed by atoms with Gasteiger partial charge in [0.05, 0.1) is 6.10 Å². The van der Waals surface area contributed by atoms with Crippen LogP contribution in [0.4, 0.5) is 5.69 Å². The van der Waals surface area contributed by atoms with Crippen LogP contribution in [0.3, 0.4) is 0 Å². The van der Waals surface area contributed by atoms with Crippen molar-refractivity contribution in [2.45, 2.75) is 25.4 Å². The highest BCUT2D eigenvalue weighted by Crippen LogP contribution is 2.24. The highest BCUT2D eigenvalue weighted by atomic mass is 79.9. The number of nitrogens with two attached hydrogens (primary N) is 1. The molecule has 1 aliphatic heterocycles. The van der Waals surface area contributed by atoms with Crippen LogP contribution in [0.15, 0.2) is 22.7 Å². The van der Waals surface area contributed by atoms with Crippen molar-refractivity contribution in [1.29, 1.82) is 0 Å². The molecule has 1 unspecified atom stereocenters. The van der Waals surface area contributed by atoms with Crippen LogP contribution in [0.1, 0.15) is 24.8 Å². The van der Waals surface area contributed by atoms with Crippen LogP contribution in [-0.2, 0) is 4.74 Å². The Labute approximate surface area is 121 Å². The van der Waals surface area contributed by atoms with Crippen LogP contribution >= 0.6 is 28.1 Å². The first kappa shape index (κ1) is 13.8. The van der Waals surface area contributed by atoms with Gasteiger partial charge in [-0.05, 0) is 53.4 Å². The number of ether oxygens (including phenoxy) is 1. The van der Waals surface area contributed by atoms with Gasteiger partial charge >= 0.3 is 0 Å². The van der Waals surface area contributed by atoms with E-state index in [4.69, 9.17) is 22.7 Å². The second-order valence-electron chi connectivity index (χ2n) is 4.41. The van der Waals surface area contributed by atoms with E-state index in [9.17, 15) is 0 Å². The summed E-state index contributed by atoms with van der Waals surface area (Å²) in [5.41, 5.74) is 7.53. The van der Waals surface area contributed by atoms with Crippen molar-refractivity contribution in [3.63, 3.8) is 0 Å². The van der Waals surface area contributed by atoms with Crippen LogP contribution in [0, 0.1) is 0 Å². The lowest BCUT2D eigenvalue weighted by molar-refractivity contribution is 0.107. The predicted octanol–water partition coefficient (Wildman–Crippen LogP) is 3.06. The minimum absolute atomic E-state index is 0.418. The molecule has 3 nitrogen and oxygen atoms in total. The molecule has 5 heteroatoms. The van der Waals surface area contributed by atoms with Crippen LogP contribution in [0.5, 0.6) is 0 Å². The fraction of sp³-hybridized carbons (Fsp3) is 0.462. The van der Waals surface area contributed by atoms with Gasteiger partial charge in [-0.25, -0.2) is 0 Å². The SMILES string of the molecule is NC(=S)c1ccc(NCCC2CCCO2)c(Br)c1. The van der Waals surface area contributed by atoms with Crippen molar-refractivity contribution in [2.24, 2.45) is 5.73 Å². The number of halogens is 1. The third-order valence-corrected chi connectivity index (χ3v) is 3.95. The maximum atomic E-state index is 5.59. The Morgan fingerprint density at radius 3 is 3.00 bits per heavy atom. The van der Waals surface area contributed by atoms with E-state index in [1.54, 1.807) is 0 Å². The number of anilines is 1. The van der Waals surface area contributed by atoms with E-state index < -0.39 is 0 Å². The van der Waals surface area contributed by atoms with E-state index in [0.717, 1.165) is 35.3 Å². The number of hydrogen-bond acceptors (Lipinski definition) is 3. The first-order chi connectivity index (χ1) is 8.66. The first-order valence-corrected chi connectivity index (χ1v) is 7.32. The zero-order chi connectivity index (χ0) is 13.0. The standard InChI is InChI=1S/C13H17BrN2OS/c14-11-8-9(13(15)18)3-4-12(11)16-6-5-10-2-1-7-17-10/h3-4,8,10,16H,1-2,5-7H2,(H2,15,18). The molecule has 98 valence electrons. The molecule has 1 fully saturated rings. The lowest BCUT2D eigenvalue weighted by Crippen LogP contribution is -2.13. The summed E-state index contributed by atoms with van der Waals surface area (Å²) in [5.74, 6) is 0. The number of benzene rings is 1. The molecule has 0 spiro atoms. The van der Waals surface area contributed by atoms with Gasteiger partial charge in [0.1, 0.15) is 4.99 Å². The molecule has 3 N–H and O–H groups in total. The Balaban J connectivity index is 1.87. The molecule has 1 aliphatic rings. The Morgan fingerprint density at radius 2 is 2.39 bits per heavy atom. The van der Waals surface area contributed by atoms with Crippen LogP contribution < -0.4 is 11.1 Å². The molecule has 0 radical (unpaired) electrons. The fourth-order valence-electron chi connectivity index (χ4n) is 2.05. The van der Waals surface area contributed by atoms with E-state index >= 15 is 0 Å². The number of thiocarbonyl (C=S) groups is 1. The topological polar surface area (TPSA) is 47.3 Å². The van der Waals surface area contributed by atoms with Crippen molar-refractivity contribution in [3.8, 4) is 0 Å². The van der Waals surface area contributed by atoms with Crippen molar-refractivity contribution in [2.75, 3.05) is 18.5 Å². The molecule has 1 atom stereocenters. The minimum atomic E-state index is 0.418. The summed E-state index contributed by atoms with van der Waals surface area (Å²) in [5, 5.41) is 3.39. The van der Waals surface area contributed by atoms with E-state index in [0.29, 0.717) is 11.1 Å². The zero-order valence-corrected chi connectivity index (χ0v) is 12.5. The number of nitrogens with one attached hydrogen (secondary N) is 1. The maximum Gasteiger partial charge on any atom is 0.104 e. The Morgan fingerprint density at radius 1 is 1.56 bits per heavy atom. The van der Waals surface area contributed by atoms with E-state index in [-0.39, 0.29) is 0 Å². The van der Waals surface area contributed by atoms with Gasteiger partial charge in [0.2, 0.25) is 0 Å². The van der Waals surface area contributed by atoms with Crippen LogP contribution in [0.2, 0.25) is 0 Å². The molecule has 0 bridgehead atoms. The predicted molar refractivity (Wildman–Crippen MR) is 82.1 cm³/mol. The van der Waals surface area contributed by atoms with Gasteiger partial charge < -0.3 is 15.8 Å². The number of rotatable bonds is 5. The summed E-state index contributed by atoms with van der Waals surface area (Å²) in [6.07, 6.45) is 3.84. The van der Waals surface area contributed by atoms with Crippen LogP contribution in [-0.4, -0.2) is 24.2 Å². The molecular formula is C13H17BrN2OS. The van der Waals surface area contributed by atoms with Gasteiger partial charge in [0.25, 0.3) is 0 Å². The lowest BCUT2D eigenvalue weighted by atomic mass is 10.1. The number of hydrogen-bond donors (Lipinski definition) is 2. The lowest BCUT2D eigenvalue weighted by Gasteiger charge is -2.12. The summed E-state index contributed by atoms with van der Waals surface area (Å²) in [6, 6.07) is 5.87. The zero-order valence-electron chi connectivity index (χ0n) is 10.1. The van der Waals surface area contributed by atoms with Crippen molar-refractivity contribution < 1.29 is 4.74 Å². The molecule has 1 heterocycles. The quantitative estimate of drug-likeness (QED) is 0.815. The molecule has 0 aromatic heterocycles. The molecule has 18 heavy (non-hydrogen) atoms. The average molecular weight is 329 g/mol. The largest absolute Gasteiger partial charge is 0.389 e. The summed E-state index contributed by atoms with van der Waals surface area (Å²) < 4.78 is 6.57. The second-order valence-corrected chi connectivity index (χ2v) is 5.70. The Hall–Kier alpha value is -0.650. The molecule has 1 aromatic carbocycles. The minimum Gasteiger partial charge on any atom is -0.389 e. The van der Waals surface area contributed by atoms with Gasteiger partial charge in [0.15, 0.2) is 0 Å². The highest BCUT2D eigenvalue weighted by Gasteiger charge is 2.14. The maximum absolute atomic E-state index is 5.59. The monoisotopic (exact) mass is 328 g/mol. The molecule has 1 aromatic rings. The average Bonchev–Trinajstić information content (AvgIpc) is 2.84. The van der Waals surface area contributed by atoms with E-state index in [1.165, 1.54) is 12.8 Å². The van der Waals surface area contributed by atoms with Crippen molar-refractivity contribution in [1.82, 2.24) is 0 Å². The van der Waals surface area contributed by atoms with Gasteiger partial charge in [-0.2, -0.15) is 0 Å². The van der Waals surface area contributed by atoms with E-state index in [1.807, 2.05) is 18.2 Å². The second kappa shape index (κ2) is 6.50. The molecule has 0 amide bonds. The van der Waals surface area contributed by atoms with Gasteiger partial charge in [-0.15, -0.1) is 0 Å². The third-order valence-electron chi connectivity index (χ3n) is 3.06. The molecule has 2 rings (SSSR count). The molecule has 1 saturated heterocycles. The highest BCUT2D eigenvalue weighted by molar-refractivity contribution is 9.10. The molecule has 0 aliphatic carbocycles. The summed E-state index contributed by atoms with van der Waals surface area (Å²) in [6.45, 7) is 1.83. The fourth-order valence-corrected chi connectivity index (χ4v) is 2.70. The Bertz CT molecular complexity index is 433. The molecule has 0 saturated carbocycles. The first-order valence-electron chi connectivity index (χ1n) is 6.11. The third kappa shape index (κ3) is 3.67. The van der Waals surface area contributed by atoms with Gasteiger partial charge in [0, 0.05) is 28.9 Å².